The maximum absolute atomic E-state index is 11.2. The second kappa shape index (κ2) is 9.09. The summed E-state index contributed by atoms with van der Waals surface area (Å²) >= 11 is 0. The molecular weight excluding hydrogens is 298 g/mol. The van der Waals surface area contributed by atoms with E-state index in [2.05, 4.69) is 49.9 Å². The first-order chi connectivity index (χ1) is 11.3. The van der Waals surface area contributed by atoms with Crippen LogP contribution in [0.3, 0.4) is 0 Å². The van der Waals surface area contributed by atoms with Crippen LogP contribution < -0.4 is 0 Å². The van der Waals surface area contributed by atoms with Crippen molar-refractivity contribution in [3.8, 4) is 0 Å². The molecule has 0 N–H and O–H groups in total. The van der Waals surface area contributed by atoms with Crippen LogP contribution in [0.25, 0.3) is 10.4 Å². The highest BCUT2D eigenvalue weighted by atomic mass is 16.1. The average Bonchev–Trinajstić information content (AvgIpc) is 2.46. The van der Waals surface area contributed by atoms with Gasteiger partial charge in [0.25, 0.3) is 0 Å². The number of carbonyl (C=O) groups is 1. The molecule has 0 bridgehead atoms. The lowest BCUT2D eigenvalue weighted by molar-refractivity contribution is -0.113. The van der Waals surface area contributed by atoms with E-state index >= 15 is 0 Å². The Hall–Kier alpha value is -2.32. The van der Waals surface area contributed by atoms with Crippen molar-refractivity contribution in [2.45, 2.75) is 53.9 Å². The number of amides is 1. The summed E-state index contributed by atoms with van der Waals surface area (Å²) in [4.78, 5) is 13.6. The van der Waals surface area contributed by atoms with Crippen LogP contribution in [-0.4, -0.2) is 5.91 Å². The maximum Gasteiger partial charge on any atom is 0.242 e. The fourth-order valence-corrected chi connectivity index (χ4v) is 2.95. The average molecular weight is 325 g/mol. The van der Waals surface area contributed by atoms with Gasteiger partial charge in [-0.2, -0.15) is 0 Å². The molecule has 4 nitrogen and oxygen atoms in total. The van der Waals surface area contributed by atoms with E-state index in [1.54, 1.807) is 6.92 Å². The molecule has 0 saturated carbocycles. The van der Waals surface area contributed by atoms with E-state index in [1.165, 1.54) is 36.5 Å². The summed E-state index contributed by atoms with van der Waals surface area (Å²) in [5, 5.41) is 3.01. The maximum atomic E-state index is 11.2. The highest BCUT2D eigenvalue weighted by Gasteiger charge is 2.26. The molecule has 0 atom stereocenters. The predicted molar refractivity (Wildman–Crippen MR) is 100 cm³/mol. The van der Waals surface area contributed by atoms with Gasteiger partial charge < -0.3 is 0 Å². The van der Waals surface area contributed by atoms with Gasteiger partial charge in [0.1, 0.15) is 0 Å². The lowest BCUT2D eigenvalue weighted by Crippen LogP contribution is -2.19. The molecule has 1 amide bonds. The molecule has 0 saturated heterocycles. The van der Waals surface area contributed by atoms with E-state index in [0.717, 1.165) is 11.1 Å². The zero-order valence-corrected chi connectivity index (χ0v) is 15.3. The Morgan fingerprint density at radius 2 is 1.96 bits per heavy atom. The van der Waals surface area contributed by atoms with Gasteiger partial charge in [0.2, 0.25) is 5.91 Å². The van der Waals surface area contributed by atoms with Crippen molar-refractivity contribution < 1.29 is 4.79 Å². The second-order valence-corrected chi connectivity index (χ2v) is 6.95. The number of nitrogens with zero attached hydrogens (tertiary/aromatic N) is 3. The van der Waals surface area contributed by atoms with E-state index in [0.29, 0.717) is 0 Å². The van der Waals surface area contributed by atoms with Gasteiger partial charge >= 0.3 is 0 Å². The molecule has 0 spiro atoms. The topological polar surface area (TPSA) is 65.8 Å². The van der Waals surface area contributed by atoms with Crippen molar-refractivity contribution >= 4 is 5.91 Å². The van der Waals surface area contributed by atoms with Crippen LogP contribution in [-0.2, 0) is 4.79 Å². The summed E-state index contributed by atoms with van der Waals surface area (Å²) in [6.45, 7) is 10.7. The van der Waals surface area contributed by atoms with Crippen LogP contribution in [0.1, 0.15) is 53.9 Å². The molecule has 0 unspecified atom stereocenters. The van der Waals surface area contributed by atoms with Gasteiger partial charge in [0.15, 0.2) is 0 Å². The minimum absolute atomic E-state index is 0.246. The third-order valence-electron chi connectivity index (χ3n) is 4.27. The first kappa shape index (κ1) is 19.7. The molecule has 0 aromatic heterocycles. The van der Waals surface area contributed by atoms with Gasteiger partial charge in [-0.1, -0.05) is 55.4 Å². The Morgan fingerprint density at radius 1 is 1.25 bits per heavy atom. The SMILES string of the molecule is CC1=C(/C=C/C(C)=C/C=C/C(C)=C/C(=O)N=[N+]=[N-])C(C)(C)CCC1. The Bertz CT molecular complexity index is 682. The number of hydrogen-bond acceptors (Lipinski definition) is 1. The summed E-state index contributed by atoms with van der Waals surface area (Å²) in [6.07, 6.45) is 15.1. The number of azide groups is 1. The molecule has 0 aromatic carbocycles. The van der Waals surface area contributed by atoms with Crippen LogP contribution in [0.15, 0.2) is 63.9 Å². The van der Waals surface area contributed by atoms with Crippen molar-refractivity contribution in [2.24, 2.45) is 10.5 Å². The van der Waals surface area contributed by atoms with Crippen LogP contribution in [0.2, 0.25) is 0 Å². The summed E-state index contributed by atoms with van der Waals surface area (Å²) in [5.74, 6) is -0.581. The van der Waals surface area contributed by atoms with Crippen LogP contribution in [0, 0.1) is 5.41 Å². The number of allylic oxidation sites excluding steroid dienone is 9. The number of hydrogen-bond donors (Lipinski definition) is 0. The van der Waals surface area contributed by atoms with Crippen molar-refractivity contribution in [2.75, 3.05) is 0 Å². The lowest BCUT2D eigenvalue weighted by atomic mass is 9.72. The fraction of sp³-hybridized carbons (Fsp3) is 0.450. The highest BCUT2D eigenvalue weighted by molar-refractivity contribution is 5.89. The summed E-state index contributed by atoms with van der Waals surface area (Å²) in [5.41, 5.74) is 13.3. The molecule has 0 radical (unpaired) electrons. The van der Waals surface area contributed by atoms with Crippen molar-refractivity contribution in [3.63, 3.8) is 0 Å². The smallest absolute Gasteiger partial charge is 0.242 e. The summed E-state index contributed by atoms with van der Waals surface area (Å²) in [7, 11) is 0. The molecule has 24 heavy (non-hydrogen) atoms. The standard InChI is InChI=1S/C20H27N3O/c1-15(8-6-9-16(2)14-19(24)22-23-21)11-12-18-17(3)10-7-13-20(18,4)5/h6,8-9,11-12,14H,7,10,13H2,1-5H3/b9-6+,12-11+,15-8+,16-14+. The molecule has 0 aromatic rings. The van der Waals surface area contributed by atoms with Gasteiger partial charge in [0, 0.05) is 4.91 Å². The van der Waals surface area contributed by atoms with Crippen LogP contribution in [0.4, 0.5) is 0 Å². The third kappa shape index (κ3) is 6.43. The van der Waals surface area contributed by atoms with Crippen LogP contribution in [0.5, 0.6) is 0 Å². The van der Waals surface area contributed by atoms with Gasteiger partial charge in [-0.25, -0.2) is 0 Å². The van der Waals surface area contributed by atoms with E-state index in [-0.39, 0.29) is 5.41 Å². The van der Waals surface area contributed by atoms with E-state index < -0.39 is 5.91 Å². The third-order valence-corrected chi connectivity index (χ3v) is 4.27. The van der Waals surface area contributed by atoms with E-state index in [9.17, 15) is 4.79 Å². The van der Waals surface area contributed by atoms with Gasteiger partial charge in [-0.3, -0.25) is 4.79 Å². The zero-order valence-electron chi connectivity index (χ0n) is 15.3. The van der Waals surface area contributed by atoms with Gasteiger partial charge in [0.05, 0.1) is 0 Å². The largest absolute Gasteiger partial charge is 0.288 e. The molecule has 0 fully saturated rings. The Balaban J connectivity index is 2.78. The number of rotatable bonds is 5. The Kier molecular flexibility index (Phi) is 7.47. The number of carbonyl (C=O) groups excluding carboxylic acids is 1. The molecule has 0 heterocycles. The Morgan fingerprint density at radius 3 is 2.58 bits per heavy atom. The first-order valence-electron chi connectivity index (χ1n) is 8.27. The zero-order chi connectivity index (χ0) is 18.2. The minimum atomic E-state index is -0.581. The van der Waals surface area contributed by atoms with Gasteiger partial charge in [-0.15, -0.1) is 0 Å². The fourth-order valence-electron chi connectivity index (χ4n) is 2.95. The molecule has 1 aliphatic rings. The van der Waals surface area contributed by atoms with Crippen molar-refractivity contribution in [1.29, 1.82) is 0 Å². The highest BCUT2D eigenvalue weighted by Crippen LogP contribution is 2.40. The first-order valence-corrected chi connectivity index (χ1v) is 8.27. The monoisotopic (exact) mass is 325 g/mol. The molecule has 1 aliphatic carbocycles. The van der Waals surface area contributed by atoms with E-state index in [1.807, 2.05) is 18.2 Å². The van der Waals surface area contributed by atoms with Crippen molar-refractivity contribution in [1.82, 2.24) is 0 Å². The normalized spacial score (nSPS) is 19.0. The summed E-state index contributed by atoms with van der Waals surface area (Å²) < 4.78 is 0. The Labute approximate surface area is 145 Å². The molecular formula is C20H27N3O. The molecule has 0 aliphatic heterocycles. The lowest BCUT2D eigenvalue weighted by Gasteiger charge is -2.32. The second-order valence-electron chi connectivity index (χ2n) is 6.95. The summed E-state index contributed by atoms with van der Waals surface area (Å²) in [6, 6.07) is 0. The minimum Gasteiger partial charge on any atom is -0.288 e. The molecule has 1 rings (SSSR count). The van der Waals surface area contributed by atoms with E-state index in [4.69, 9.17) is 5.53 Å². The molecule has 4 heteroatoms. The molecule has 128 valence electrons. The van der Waals surface area contributed by atoms with Gasteiger partial charge in [-0.05, 0) is 73.3 Å². The van der Waals surface area contributed by atoms with Crippen molar-refractivity contribution in [3.05, 3.63) is 69.2 Å². The predicted octanol–water partition coefficient (Wildman–Crippen LogP) is 6.35. The van der Waals surface area contributed by atoms with Crippen LogP contribution >= 0.6 is 0 Å². The quantitative estimate of drug-likeness (QED) is 0.191.